The molecule has 1 amide bonds. The SMILES string of the molecule is C=CCCCCCCCCC(=O)OCCN(CCOC(=O)CCCCCCCCC=C)C(=O)OC(C)(C)C. The molecule has 0 aromatic heterocycles. The van der Waals surface area contributed by atoms with E-state index in [9.17, 15) is 14.4 Å². The summed E-state index contributed by atoms with van der Waals surface area (Å²) in [6.07, 6.45) is 19.2. The van der Waals surface area contributed by atoms with Gasteiger partial charge in [0, 0.05) is 12.8 Å². The van der Waals surface area contributed by atoms with Crippen LogP contribution < -0.4 is 0 Å². The van der Waals surface area contributed by atoms with Crippen LogP contribution in [0.15, 0.2) is 25.3 Å². The monoisotopic (exact) mass is 537 g/mol. The van der Waals surface area contributed by atoms with Crippen LogP contribution in [0.3, 0.4) is 0 Å². The Morgan fingerprint density at radius 2 is 1.00 bits per heavy atom. The molecule has 0 aliphatic carbocycles. The normalized spacial score (nSPS) is 11.0. The Morgan fingerprint density at radius 3 is 1.37 bits per heavy atom. The number of amides is 1. The molecule has 0 saturated carbocycles. The van der Waals surface area contributed by atoms with Crippen LogP contribution >= 0.6 is 0 Å². The summed E-state index contributed by atoms with van der Waals surface area (Å²) >= 11 is 0. The predicted molar refractivity (Wildman–Crippen MR) is 154 cm³/mol. The zero-order valence-electron chi connectivity index (χ0n) is 24.6. The lowest BCUT2D eigenvalue weighted by molar-refractivity contribution is -0.144. The minimum absolute atomic E-state index is 0.0837. The number of ether oxygens (including phenoxy) is 3. The maximum atomic E-state index is 12.6. The second-order valence-electron chi connectivity index (χ2n) is 10.8. The Kier molecular flexibility index (Phi) is 22.3. The largest absolute Gasteiger partial charge is 0.464 e. The van der Waals surface area contributed by atoms with Gasteiger partial charge >= 0.3 is 18.0 Å². The molecule has 7 nitrogen and oxygen atoms in total. The van der Waals surface area contributed by atoms with E-state index in [2.05, 4.69) is 13.2 Å². The number of hydrogen-bond acceptors (Lipinski definition) is 6. The van der Waals surface area contributed by atoms with Crippen molar-refractivity contribution in [3.8, 4) is 0 Å². The van der Waals surface area contributed by atoms with E-state index in [0.717, 1.165) is 51.4 Å². The number of hydrogen-bond donors (Lipinski definition) is 0. The van der Waals surface area contributed by atoms with Gasteiger partial charge in [-0.1, -0.05) is 63.5 Å². The van der Waals surface area contributed by atoms with Crippen LogP contribution in [0.4, 0.5) is 4.79 Å². The molecule has 220 valence electrons. The van der Waals surface area contributed by atoms with Crippen LogP contribution in [0.5, 0.6) is 0 Å². The van der Waals surface area contributed by atoms with Gasteiger partial charge in [-0.3, -0.25) is 9.59 Å². The molecule has 0 rings (SSSR count). The van der Waals surface area contributed by atoms with E-state index in [4.69, 9.17) is 14.2 Å². The van der Waals surface area contributed by atoms with Crippen molar-refractivity contribution < 1.29 is 28.6 Å². The smallest absolute Gasteiger partial charge is 0.410 e. The standard InChI is InChI=1S/C31H55NO6/c1-6-8-10-12-14-16-18-20-22-28(33)36-26-24-32(30(35)38-31(3,4)5)25-27-37-29(34)23-21-19-17-15-13-11-9-7-2/h6-7H,1-2,8-27H2,3-5H3. The minimum atomic E-state index is -0.653. The Balaban J connectivity index is 4.21. The highest BCUT2D eigenvalue weighted by atomic mass is 16.6. The van der Waals surface area contributed by atoms with Crippen LogP contribution in [0.2, 0.25) is 0 Å². The first kappa shape index (κ1) is 35.7. The van der Waals surface area contributed by atoms with E-state index in [1.54, 1.807) is 20.8 Å². The third-order valence-electron chi connectivity index (χ3n) is 5.98. The number of allylic oxidation sites excluding steroid dienone is 2. The van der Waals surface area contributed by atoms with Crippen molar-refractivity contribution in [2.45, 2.75) is 129 Å². The summed E-state index contributed by atoms with van der Waals surface area (Å²) in [5.41, 5.74) is -0.653. The lowest BCUT2D eigenvalue weighted by atomic mass is 10.1. The van der Waals surface area contributed by atoms with Crippen molar-refractivity contribution in [1.29, 1.82) is 0 Å². The molecule has 0 aliphatic rings. The van der Waals surface area contributed by atoms with Crippen LogP contribution in [-0.2, 0) is 23.8 Å². The Labute approximate surface area is 232 Å². The lowest BCUT2D eigenvalue weighted by Gasteiger charge is -2.27. The summed E-state index contributed by atoms with van der Waals surface area (Å²) in [5, 5.41) is 0. The fourth-order valence-electron chi connectivity index (χ4n) is 3.83. The van der Waals surface area contributed by atoms with E-state index in [-0.39, 0.29) is 38.2 Å². The maximum Gasteiger partial charge on any atom is 0.410 e. The molecule has 7 heteroatoms. The molecule has 0 saturated heterocycles. The summed E-state index contributed by atoms with van der Waals surface area (Å²) in [7, 11) is 0. The van der Waals surface area contributed by atoms with Gasteiger partial charge in [0.25, 0.3) is 0 Å². The Bertz CT molecular complexity index is 613. The van der Waals surface area contributed by atoms with E-state index in [1.165, 1.54) is 43.4 Å². The molecular formula is C31H55NO6. The van der Waals surface area contributed by atoms with Crippen molar-refractivity contribution in [2.75, 3.05) is 26.3 Å². The quantitative estimate of drug-likeness (QED) is 0.0538. The maximum absolute atomic E-state index is 12.6. The molecule has 0 radical (unpaired) electrons. The summed E-state index contributed by atoms with van der Waals surface area (Å²) < 4.78 is 16.1. The van der Waals surface area contributed by atoms with Gasteiger partial charge in [-0.2, -0.15) is 0 Å². The first-order valence-electron chi connectivity index (χ1n) is 14.7. The fraction of sp³-hybridized carbons (Fsp3) is 0.774. The number of nitrogens with zero attached hydrogens (tertiary/aromatic N) is 1. The van der Waals surface area contributed by atoms with Gasteiger partial charge in [-0.05, 0) is 59.3 Å². The van der Waals surface area contributed by atoms with Crippen molar-refractivity contribution in [3.63, 3.8) is 0 Å². The molecule has 0 aromatic carbocycles. The van der Waals surface area contributed by atoms with Gasteiger partial charge in [-0.25, -0.2) is 4.79 Å². The lowest BCUT2D eigenvalue weighted by Crippen LogP contribution is -2.41. The summed E-state index contributed by atoms with van der Waals surface area (Å²) in [6.45, 7) is 13.4. The highest BCUT2D eigenvalue weighted by molar-refractivity contribution is 5.70. The number of carbonyl (C=O) groups is 3. The van der Waals surface area contributed by atoms with Crippen molar-refractivity contribution in [1.82, 2.24) is 4.90 Å². The van der Waals surface area contributed by atoms with Crippen LogP contribution in [-0.4, -0.2) is 54.8 Å². The van der Waals surface area contributed by atoms with E-state index in [0.29, 0.717) is 12.8 Å². The average Bonchev–Trinajstić information content (AvgIpc) is 2.85. The second-order valence-corrected chi connectivity index (χ2v) is 10.8. The predicted octanol–water partition coefficient (Wildman–Crippen LogP) is 7.92. The fourth-order valence-corrected chi connectivity index (χ4v) is 3.83. The molecule has 0 aliphatic heterocycles. The van der Waals surface area contributed by atoms with Crippen LogP contribution in [0, 0.1) is 0 Å². The second kappa shape index (κ2) is 23.8. The van der Waals surface area contributed by atoms with E-state index >= 15 is 0 Å². The summed E-state index contributed by atoms with van der Waals surface area (Å²) in [6, 6.07) is 0. The molecule has 0 atom stereocenters. The van der Waals surface area contributed by atoms with E-state index in [1.807, 2.05) is 12.2 Å². The van der Waals surface area contributed by atoms with Crippen molar-refractivity contribution in [2.24, 2.45) is 0 Å². The zero-order valence-corrected chi connectivity index (χ0v) is 24.6. The molecule has 0 heterocycles. The van der Waals surface area contributed by atoms with Gasteiger partial charge in [-0.15, -0.1) is 13.2 Å². The first-order valence-corrected chi connectivity index (χ1v) is 14.7. The first-order chi connectivity index (χ1) is 18.2. The Hall–Kier alpha value is -2.31. The molecule has 0 fully saturated rings. The molecule has 0 spiro atoms. The topological polar surface area (TPSA) is 82.1 Å². The van der Waals surface area contributed by atoms with Crippen molar-refractivity contribution in [3.05, 3.63) is 25.3 Å². The van der Waals surface area contributed by atoms with Gasteiger partial charge in [0.05, 0.1) is 13.1 Å². The molecule has 0 N–H and O–H groups in total. The number of unbranched alkanes of at least 4 members (excludes halogenated alkanes) is 12. The molecule has 0 aromatic rings. The van der Waals surface area contributed by atoms with E-state index < -0.39 is 11.7 Å². The highest BCUT2D eigenvalue weighted by Crippen LogP contribution is 2.12. The van der Waals surface area contributed by atoms with Gasteiger partial charge in [0.1, 0.15) is 18.8 Å². The van der Waals surface area contributed by atoms with Crippen LogP contribution in [0.1, 0.15) is 124 Å². The summed E-state index contributed by atoms with van der Waals surface area (Å²) in [5.74, 6) is -0.513. The molecule has 0 unspecified atom stereocenters. The minimum Gasteiger partial charge on any atom is -0.464 e. The highest BCUT2D eigenvalue weighted by Gasteiger charge is 2.22. The van der Waals surface area contributed by atoms with Gasteiger partial charge in [0.15, 0.2) is 0 Å². The molecule has 38 heavy (non-hydrogen) atoms. The Morgan fingerprint density at radius 1 is 0.632 bits per heavy atom. The third kappa shape index (κ3) is 24.1. The number of carbonyl (C=O) groups excluding carboxylic acids is 3. The average molecular weight is 538 g/mol. The van der Waals surface area contributed by atoms with Crippen molar-refractivity contribution >= 4 is 18.0 Å². The van der Waals surface area contributed by atoms with Crippen LogP contribution in [0.25, 0.3) is 0 Å². The molecular weight excluding hydrogens is 482 g/mol. The summed E-state index contributed by atoms with van der Waals surface area (Å²) in [4.78, 5) is 38.2. The number of esters is 2. The zero-order chi connectivity index (χ0) is 28.5. The molecule has 0 bridgehead atoms. The number of rotatable bonds is 24. The third-order valence-corrected chi connectivity index (χ3v) is 5.98. The van der Waals surface area contributed by atoms with Gasteiger partial charge < -0.3 is 19.1 Å². The van der Waals surface area contributed by atoms with Gasteiger partial charge in [0.2, 0.25) is 0 Å².